The van der Waals surface area contributed by atoms with Gasteiger partial charge in [-0.25, -0.2) is 9.78 Å². The van der Waals surface area contributed by atoms with E-state index in [0.29, 0.717) is 37.8 Å². The maximum absolute atomic E-state index is 12.0. The van der Waals surface area contributed by atoms with Gasteiger partial charge in [0.1, 0.15) is 12.6 Å². The molecule has 0 aliphatic rings. The van der Waals surface area contributed by atoms with Gasteiger partial charge in [-0.15, -0.1) is 6.58 Å². The van der Waals surface area contributed by atoms with Gasteiger partial charge in [0, 0.05) is 13.0 Å². The molecule has 0 saturated carbocycles. The van der Waals surface area contributed by atoms with Crippen molar-refractivity contribution >= 4 is 5.97 Å². The number of carbonyl (C=O) groups is 1. The minimum atomic E-state index is -0.366. The predicted octanol–water partition coefficient (Wildman–Crippen LogP) is 2.09. The van der Waals surface area contributed by atoms with E-state index in [-0.39, 0.29) is 5.97 Å². The first kappa shape index (κ1) is 14.4. The molecule has 0 amide bonds. The minimum absolute atomic E-state index is 0.306. The highest BCUT2D eigenvalue weighted by Crippen LogP contribution is 2.15. The topological polar surface area (TPSA) is 53.4 Å². The maximum Gasteiger partial charge on any atom is 0.356 e. The zero-order chi connectivity index (χ0) is 13.5. The second kappa shape index (κ2) is 6.96. The van der Waals surface area contributed by atoms with Gasteiger partial charge in [-0.1, -0.05) is 6.08 Å². The van der Waals surface area contributed by atoms with Crippen LogP contribution < -0.4 is 0 Å². The van der Waals surface area contributed by atoms with Gasteiger partial charge in [-0.05, 0) is 20.8 Å². The highest BCUT2D eigenvalue weighted by molar-refractivity contribution is 5.89. The Balaban J connectivity index is 3.12. The highest BCUT2D eigenvalue weighted by atomic mass is 16.5. The van der Waals surface area contributed by atoms with E-state index in [4.69, 9.17) is 9.47 Å². The number of esters is 1. The first-order chi connectivity index (χ1) is 8.65. The van der Waals surface area contributed by atoms with Gasteiger partial charge >= 0.3 is 5.97 Å². The van der Waals surface area contributed by atoms with Crippen molar-refractivity contribution < 1.29 is 14.3 Å². The second-order valence-electron chi connectivity index (χ2n) is 3.72. The molecule has 0 N–H and O–H groups in total. The molecule has 100 valence electrons. The van der Waals surface area contributed by atoms with Crippen molar-refractivity contribution in [3.63, 3.8) is 0 Å². The number of nitrogens with zero attached hydrogens (tertiary/aromatic N) is 2. The Morgan fingerprint density at radius 1 is 1.44 bits per heavy atom. The van der Waals surface area contributed by atoms with Crippen molar-refractivity contribution in [3.8, 4) is 0 Å². The van der Waals surface area contributed by atoms with Gasteiger partial charge < -0.3 is 9.47 Å². The van der Waals surface area contributed by atoms with Crippen LogP contribution in [0.1, 0.15) is 35.9 Å². The first-order valence-corrected chi connectivity index (χ1v) is 6.07. The Morgan fingerprint density at radius 2 is 2.17 bits per heavy atom. The molecule has 5 nitrogen and oxygen atoms in total. The number of carbonyl (C=O) groups excluding carboxylic acids is 1. The standard InChI is InChI=1S/C13H20N2O3/c1-5-8-11-12(13(16)18-7-3)15(9-17-6-2)10(4)14-11/h5H,1,6-9H2,2-4H3. The largest absolute Gasteiger partial charge is 0.461 e. The van der Waals surface area contributed by atoms with E-state index in [9.17, 15) is 4.79 Å². The van der Waals surface area contributed by atoms with Gasteiger partial charge in [-0.3, -0.25) is 4.57 Å². The maximum atomic E-state index is 12.0. The van der Waals surface area contributed by atoms with Crippen LogP contribution >= 0.6 is 0 Å². The molecule has 0 unspecified atom stereocenters. The van der Waals surface area contributed by atoms with Crippen LogP contribution in [0.2, 0.25) is 0 Å². The summed E-state index contributed by atoms with van der Waals surface area (Å²) in [7, 11) is 0. The fourth-order valence-electron chi connectivity index (χ4n) is 1.67. The van der Waals surface area contributed by atoms with Gasteiger partial charge in [0.05, 0.1) is 12.3 Å². The third-order valence-electron chi connectivity index (χ3n) is 2.46. The summed E-state index contributed by atoms with van der Waals surface area (Å²) in [5, 5.41) is 0. The van der Waals surface area contributed by atoms with Crippen LogP contribution in [-0.4, -0.2) is 28.7 Å². The molecule has 5 heteroatoms. The van der Waals surface area contributed by atoms with E-state index in [2.05, 4.69) is 11.6 Å². The van der Waals surface area contributed by atoms with Gasteiger partial charge in [0.2, 0.25) is 0 Å². The monoisotopic (exact) mass is 252 g/mol. The number of rotatable bonds is 7. The molecule has 0 atom stereocenters. The normalized spacial score (nSPS) is 10.4. The molecule has 0 aromatic carbocycles. The summed E-state index contributed by atoms with van der Waals surface area (Å²) in [4.78, 5) is 16.3. The van der Waals surface area contributed by atoms with Crippen molar-refractivity contribution in [3.05, 3.63) is 29.9 Å². The SMILES string of the molecule is C=CCc1nc(C)n(COCC)c1C(=O)OCC. The molecule has 18 heavy (non-hydrogen) atoms. The van der Waals surface area contributed by atoms with Crippen LogP contribution in [0.5, 0.6) is 0 Å². The zero-order valence-corrected chi connectivity index (χ0v) is 11.2. The van der Waals surface area contributed by atoms with E-state index in [1.807, 2.05) is 13.8 Å². The number of aryl methyl sites for hydroxylation is 1. The average molecular weight is 252 g/mol. The molecule has 1 aromatic heterocycles. The molecule has 0 radical (unpaired) electrons. The molecule has 0 fully saturated rings. The molecular formula is C13H20N2O3. The predicted molar refractivity (Wildman–Crippen MR) is 68.4 cm³/mol. The summed E-state index contributed by atoms with van der Waals surface area (Å²) < 4.78 is 12.1. The lowest BCUT2D eigenvalue weighted by molar-refractivity contribution is 0.0470. The summed E-state index contributed by atoms with van der Waals surface area (Å²) in [5.41, 5.74) is 1.14. The number of imidazole rings is 1. The second-order valence-corrected chi connectivity index (χ2v) is 3.72. The van der Waals surface area contributed by atoms with E-state index >= 15 is 0 Å². The van der Waals surface area contributed by atoms with Crippen LogP contribution in [0.4, 0.5) is 0 Å². The first-order valence-electron chi connectivity index (χ1n) is 6.07. The fraction of sp³-hybridized carbons (Fsp3) is 0.538. The van der Waals surface area contributed by atoms with E-state index < -0.39 is 0 Å². The molecule has 1 heterocycles. The molecule has 1 rings (SSSR count). The Bertz CT molecular complexity index is 424. The van der Waals surface area contributed by atoms with Crippen LogP contribution in [0, 0.1) is 6.92 Å². The number of hydrogen-bond donors (Lipinski definition) is 0. The molecule has 1 aromatic rings. The minimum Gasteiger partial charge on any atom is -0.461 e. The molecule has 0 spiro atoms. The Morgan fingerprint density at radius 3 is 2.72 bits per heavy atom. The fourth-order valence-corrected chi connectivity index (χ4v) is 1.67. The Labute approximate surface area is 107 Å². The zero-order valence-electron chi connectivity index (χ0n) is 11.2. The van der Waals surface area contributed by atoms with Gasteiger partial charge in [-0.2, -0.15) is 0 Å². The van der Waals surface area contributed by atoms with Crippen LogP contribution in [0.25, 0.3) is 0 Å². The number of hydrogen-bond acceptors (Lipinski definition) is 4. The summed E-state index contributed by atoms with van der Waals surface area (Å²) in [5.74, 6) is 0.373. The third-order valence-corrected chi connectivity index (χ3v) is 2.46. The van der Waals surface area contributed by atoms with E-state index in [1.165, 1.54) is 0 Å². The number of ether oxygens (including phenoxy) is 2. The lowest BCUT2D eigenvalue weighted by Gasteiger charge is -2.10. The number of allylic oxidation sites excluding steroid dienone is 1. The summed E-state index contributed by atoms with van der Waals surface area (Å²) in [6.07, 6.45) is 2.25. The Hall–Kier alpha value is -1.62. The van der Waals surface area contributed by atoms with Crippen LogP contribution in [0.3, 0.4) is 0 Å². The smallest absolute Gasteiger partial charge is 0.356 e. The van der Waals surface area contributed by atoms with Crippen molar-refractivity contribution in [1.82, 2.24) is 9.55 Å². The summed E-state index contributed by atoms with van der Waals surface area (Å²) >= 11 is 0. The molecule has 0 aliphatic heterocycles. The summed E-state index contributed by atoms with van der Waals surface area (Å²) in [6, 6.07) is 0. The van der Waals surface area contributed by atoms with Gasteiger partial charge in [0.15, 0.2) is 5.69 Å². The van der Waals surface area contributed by atoms with Gasteiger partial charge in [0.25, 0.3) is 0 Å². The molecule has 0 aliphatic carbocycles. The lowest BCUT2D eigenvalue weighted by atomic mass is 10.2. The molecular weight excluding hydrogens is 232 g/mol. The van der Waals surface area contributed by atoms with Crippen molar-refractivity contribution in [2.75, 3.05) is 13.2 Å². The van der Waals surface area contributed by atoms with Crippen LogP contribution in [-0.2, 0) is 22.6 Å². The highest BCUT2D eigenvalue weighted by Gasteiger charge is 2.21. The molecule has 0 saturated heterocycles. The van der Waals surface area contributed by atoms with E-state index in [1.54, 1.807) is 17.6 Å². The van der Waals surface area contributed by atoms with Crippen molar-refractivity contribution in [2.45, 2.75) is 33.9 Å². The quantitative estimate of drug-likeness (QED) is 0.551. The lowest BCUT2D eigenvalue weighted by Crippen LogP contribution is -2.16. The average Bonchev–Trinajstić information content (AvgIpc) is 2.64. The van der Waals surface area contributed by atoms with Crippen molar-refractivity contribution in [1.29, 1.82) is 0 Å². The number of aromatic nitrogens is 2. The Kier molecular flexibility index (Phi) is 5.58. The van der Waals surface area contributed by atoms with Crippen molar-refractivity contribution in [2.24, 2.45) is 0 Å². The van der Waals surface area contributed by atoms with E-state index in [0.717, 1.165) is 5.82 Å². The summed E-state index contributed by atoms with van der Waals surface area (Å²) in [6.45, 7) is 10.4. The third kappa shape index (κ3) is 3.20. The van der Waals surface area contributed by atoms with Crippen LogP contribution in [0.15, 0.2) is 12.7 Å². The molecule has 0 bridgehead atoms.